The average molecular weight is 582 g/mol. The lowest BCUT2D eigenvalue weighted by Gasteiger charge is -2.42. The molecule has 1 unspecified atom stereocenters. The van der Waals surface area contributed by atoms with Crippen molar-refractivity contribution in [2.45, 2.75) is 58.7 Å². The van der Waals surface area contributed by atoms with Crippen LogP contribution in [0.5, 0.6) is 6.01 Å². The van der Waals surface area contributed by atoms with E-state index in [1.807, 2.05) is 25.9 Å². The summed E-state index contributed by atoms with van der Waals surface area (Å²) in [7, 11) is 4.08. The molecule has 0 N–H and O–H groups in total. The van der Waals surface area contributed by atoms with Gasteiger partial charge in [-0.3, -0.25) is 4.79 Å². The van der Waals surface area contributed by atoms with Crippen LogP contribution in [0.1, 0.15) is 43.5 Å². The second-order valence-electron chi connectivity index (χ2n) is 11.8. The van der Waals surface area contributed by atoms with Gasteiger partial charge in [0.05, 0.1) is 30.8 Å². The fraction of sp³-hybridized carbons (Fsp3) is 0.471. The zero-order chi connectivity index (χ0) is 30.5. The SMILES string of the molecule is C/C=C/C(=O)N1CCN(c2nc(OC(CC)CN(C)C)nc3c2CCN(c2cccc4cccc(C)c24)C3)C[C@@H]1CC#N. The van der Waals surface area contributed by atoms with Crippen molar-refractivity contribution in [2.75, 3.05) is 56.6 Å². The number of hydrogen-bond donors (Lipinski definition) is 0. The molecular formula is C34H43N7O2. The minimum Gasteiger partial charge on any atom is -0.459 e. The zero-order valence-electron chi connectivity index (χ0n) is 26.1. The van der Waals surface area contributed by atoms with Crippen LogP contribution < -0.4 is 14.5 Å². The molecule has 5 rings (SSSR count). The Hall–Kier alpha value is -4.16. The maximum Gasteiger partial charge on any atom is 0.318 e. The highest BCUT2D eigenvalue weighted by molar-refractivity contribution is 5.97. The van der Waals surface area contributed by atoms with Crippen LogP contribution in [0.4, 0.5) is 11.5 Å². The Morgan fingerprint density at radius 2 is 1.95 bits per heavy atom. The summed E-state index contributed by atoms with van der Waals surface area (Å²) in [5.41, 5.74) is 4.58. The number of anilines is 2. The van der Waals surface area contributed by atoms with Gasteiger partial charge in [0.15, 0.2) is 0 Å². The monoisotopic (exact) mass is 581 g/mol. The molecule has 1 saturated heterocycles. The highest BCUT2D eigenvalue weighted by Crippen LogP contribution is 2.36. The van der Waals surface area contributed by atoms with Gasteiger partial charge >= 0.3 is 6.01 Å². The van der Waals surface area contributed by atoms with Crippen LogP contribution in [0.25, 0.3) is 10.8 Å². The predicted octanol–water partition coefficient (Wildman–Crippen LogP) is 4.73. The maximum atomic E-state index is 12.8. The molecule has 0 saturated carbocycles. The summed E-state index contributed by atoms with van der Waals surface area (Å²) in [6.45, 7) is 10.1. The van der Waals surface area contributed by atoms with Gasteiger partial charge in [0.2, 0.25) is 5.91 Å². The van der Waals surface area contributed by atoms with E-state index < -0.39 is 0 Å². The molecule has 1 amide bonds. The van der Waals surface area contributed by atoms with Crippen LogP contribution in [-0.2, 0) is 17.8 Å². The minimum atomic E-state index is -0.215. The lowest BCUT2D eigenvalue weighted by Crippen LogP contribution is -2.55. The normalized spacial score (nSPS) is 17.8. The van der Waals surface area contributed by atoms with Gasteiger partial charge in [-0.1, -0.05) is 43.3 Å². The molecule has 226 valence electrons. The fourth-order valence-electron chi connectivity index (χ4n) is 6.34. The van der Waals surface area contributed by atoms with E-state index in [-0.39, 0.29) is 24.5 Å². The Bertz CT molecular complexity index is 1520. The van der Waals surface area contributed by atoms with Gasteiger partial charge < -0.3 is 24.3 Å². The first-order valence-corrected chi connectivity index (χ1v) is 15.3. The van der Waals surface area contributed by atoms with Crippen molar-refractivity contribution in [3.05, 3.63) is 65.4 Å². The number of likely N-dealkylation sites (N-methyl/N-ethyl adjacent to an activating group) is 1. The van der Waals surface area contributed by atoms with E-state index in [2.05, 4.69) is 71.0 Å². The number of amides is 1. The summed E-state index contributed by atoms with van der Waals surface area (Å²) < 4.78 is 6.43. The Morgan fingerprint density at radius 1 is 1.16 bits per heavy atom. The standard InChI is InChI=1S/C34H43N7O2/c1-6-10-31(42)41-20-19-40(21-26(41)15-17-35)33-28-16-18-39(30-14-9-13-25-12-8-11-24(3)32(25)30)23-29(28)36-34(37-33)43-27(7-2)22-38(4)5/h6,8-14,26-27H,7,15-16,18-23H2,1-5H3/b10-6+/t26-,27?/m0/s1. The number of benzene rings is 2. The van der Waals surface area contributed by atoms with Gasteiger partial charge in [0, 0.05) is 49.4 Å². The number of nitriles is 1. The smallest absolute Gasteiger partial charge is 0.318 e. The summed E-state index contributed by atoms with van der Waals surface area (Å²) >= 11 is 0. The van der Waals surface area contributed by atoms with Crippen molar-refractivity contribution in [3.8, 4) is 12.1 Å². The number of aromatic nitrogens is 2. The highest BCUT2D eigenvalue weighted by Gasteiger charge is 2.33. The summed E-state index contributed by atoms with van der Waals surface area (Å²) in [5, 5.41) is 12.1. The first kappa shape index (κ1) is 30.3. The summed E-state index contributed by atoms with van der Waals surface area (Å²) in [6.07, 6.45) is 5.20. The third kappa shape index (κ3) is 6.60. The van der Waals surface area contributed by atoms with Crippen molar-refractivity contribution < 1.29 is 9.53 Å². The number of carbonyl (C=O) groups excluding carboxylic acids is 1. The van der Waals surface area contributed by atoms with Gasteiger partial charge in [0.25, 0.3) is 0 Å². The number of allylic oxidation sites excluding steroid dienone is 1. The third-order valence-electron chi connectivity index (χ3n) is 8.45. The summed E-state index contributed by atoms with van der Waals surface area (Å²) in [5.74, 6) is 0.821. The van der Waals surface area contributed by atoms with Crippen LogP contribution in [0.15, 0.2) is 48.6 Å². The molecule has 0 spiro atoms. The molecule has 9 nitrogen and oxygen atoms in total. The molecule has 2 aromatic carbocycles. The number of fused-ring (bicyclic) bond motifs is 2. The highest BCUT2D eigenvalue weighted by atomic mass is 16.5. The van der Waals surface area contributed by atoms with E-state index in [4.69, 9.17) is 14.7 Å². The van der Waals surface area contributed by atoms with Crippen LogP contribution in [0.2, 0.25) is 0 Å². The van der Waals surface area contributed by atoms with Crippen LogP contribution in [-0.4, -0.2) is 84.6 Å². The molecular weight excluding hydrogens is 538 g/mol. The van der Waals surface area contributed by atoms with Gasteiger partial charge in [-0.2, -0.15) is 15.2 Å². The second-order valence-corrected chi connectivity index (χ2v) is 11.8. The molecule has 0 bridgehead atoms. The Labute approximate surface area is 255 Å². The molecule has 1 aromatic heterocycles. The van der Waals surface area contributed by atoms with Crippen molar-refractivity contribution in [1.82, 2.24) is 19.8 Å². The number of carbonyl (C=O) groups is 1. The molecule has 2 aliphatic rings. The van der Waals surface area contributed by atoms with Gasteiger partial charge in [-0.05, 0) is 63.9 Å². The van der Waals surface area contributed by atoms with Crippen molar-refractivity contribution >= 4 is 28.2 Å². The topological polar surface area (TPSA) is 88.8 Å². The molecule has 2 atom stereocenters. The molecule has 3 heterocycles. The first-order chi connectivity index (χ1) is 20.8. The molecule has 0 radical (unpaired) electrons. The molecule has 9 heteroatoms. The summed E-state index contributed by atoms with van der Waals surface area (Å²) in [4.78, 5) is 31.4. The van der Waals surface area contributed by atoms with Crippen LogP contribution in [0.3, 0.4) is 0 Å². The number of hydrogen-bond acceptors (Lipinski definition) is 8. The summed E-state index contributed by atoms with van der Waals surface area (Å²) in [6, 6.07) is 15.4. The lowest BCUT2D eigenvalue weighted by atomic mass is 9.99. The Morgan fingerprint density at radius 3 is 2.67 bits per heavy atom. The number of rotatable bonds is 9. The number of piperazine rings is 1. The molecule has 2 aliphatic heterocycles. The maximum absolute atomic E-state index is 12.8. The largest absolute Gasteiger partial charge is 0.459 e. The minimum absolute atomic E-state index is 0.0389. The Kier molecular flexibility index (Phi) is 9.46. The second kappa shape index (κ2) is 13.4. The third-order valence-corrected chi connectivity index (χ3v) is 8.45. The predicted molar refractivity (Wildman–Crippen MR) is 171 cm³/mol. The molecule has 43 heavy (non-hydrogen) atoms. The zero-order valence-corrected chi connectivity index (χ0v) is 26.1. The van der Waals surface area contributed by atoms with Crippen molar-refractivity contribution in [2.24, 2.45) is 0 Å². The van der Waals surface area contributed by atoms with E-state index in [9.17, 15) is 10.1 Å². The number of nitrogens with zero attached hydrogens (tertiary/aromatic N) is 7. The van der Waals surface area contributed by atoms with Gasteiger partial charge in [-0.25, -0.2) is 0 Å². The van der Waals surface area contributed by atoms with E-state index in [1.165, 1.54) is 22.0 Å². The van der Waals surface area contributed by atoms with E-state index in [0.29, 0.717) is 32.2 Å². The van der Waals surface area contributed by atoms with E-state index >= 15 is 0 Å². The van der Waals surface area contributed by atoms with Crippen LogP contribution in [0, 0.1) is 18.3 Å². The number of aryl methyl sites for hydroxylation is 1. The first-order valence-electron chi connectivity index (χ1n) is 15.3. The average Bonchev–Trinajstić information content (AvgIpc) is 3.00. The van der Waals surface area contributed by atoms with Crippen molar-refractivity contribution in [3.63, 3.8) is 0 Å². The lowest BCUT2D eigenvalue weighted by molar-refractivity contribution is -0.128. The van der Waals surface area contributed by atoms with Crippen molar-refractivity contribution in [1.29, 1.82) is 5.26 Å². The van der Waals surface area contributed by atoms with E-state index in [1.54, 1.807) is 12.2 Å². The quantitative estimate of drug-likeness (QED) is 0.335. The molecule has 0 aliphatic carbocycles. The molecule has 3 aromatic rings. The Balaban J connectivity index is 1.52. The fourth-order valence-corrected chi connectivity index (χ4v) is 6.34. The van der Waals surface area contributed by atoms with E-state index in [0.717, 1.165) is 43.0 Å². The molecule has 1 fully saturated rings. The van der Waals surface area contributed by atoms with Crippen LogP contribution >= 0.6 is 0 Å². The van der Waals surface area contributed by atoms with Gasteiger partial charge in [0.1, 0.15) is 11.9 Å². The van der Waals surface area contributed by atoms with Gasteiger partial charge in [-0.15, -0.1) is 0 Å². The number of ether oxygens (including phenoxy) is 1.